The highest BCUT2D eigenvalue weighted by molar-refractivity contribution is 6.33. The molecule has 0 saturated heterocycles. The van der Waals surface area contributed by atoms with E-state index >= 15 is 0 Å². The SMILES string of the molecule is Cc1ccc(Cl)c(Nc2nc3ccc(N)cc3o2)c1. The van der Waals surface area contributed by atoms with Crippen molar-refractivity contribution in [2.45, 2.75) is 6.92 Å². The lowest BCUT2D eigenvalue weighted by Crippen LogP contribution is -1.91. The van der Waals surface area contributed by atoms with Crippen molar-refractivity contribution in [3.63, 3.8) is 0 Å². The van der Waals surface area contributed by atoms with E-state index in [0.29, 0.717) is 22.3 Å². The summed E-state index contributed by atoms with van der Waals surface area (Å²) < 4.78 is 5.59. The summed E-state index contributed by atoms with van der Waals surface area (Å²) in [6.07, 6.45) is 0. The van der Waals surface area contributed by atoms with Gasteiger partial charge in [-0.1, -0.05) is 17.7 Å². The fourth-order valence-corrected chi connectivity index (χ4v) is 2.01. The summed E-state index contributed by atoms with van der Waals surface area (Å²) in [5.74, 6) is 0. The van der Waals surface area contributed by atoms with E-state index in [2.05, 4.69) is 10.3 Å². The molecule has 0 spiro atoms. The van der Waals surface area contributed by atoms with E-state index in [1.165, 1.54) is 0 Å². The zero-order valence-electron chi connectivity index (χ0n) is 10.3. The lowest BCUT2D eigenvalue weighted by atomic mass is 10.2. The zero-order chi connectivity index (χ0) is 13.4. The molecule has 96 valence electrons. The Morgan fingerprint density at radius 1 is 1.21 bits per heavy atom. The standard InChI is InChI=1S/C14H12ClN3O/c1-8-2-4-10(15)12(6-8)18-14-17-11-5-3-9(16)7-13(11)19-14/h2-7H,16H2,1H3,(H,17,18). The third-order valence-electron chi connectivity index (χ3n) is 2.78. The second-order valence-electron chi connectivity index (χ2n) is 4.35. The van der Waals surface area contributed by atoms with Gasteiger partial charge in [0.25, 0.3) is 6.01 Å². The van der Waals surface area contributed by atoms with Crippen molar-refractivity contribution in [3.8, 4) is 0 Å². The van der Waals surface area contributed by atoms with Gasteiger partial charge in [-0.2, -0.15) is 4.98 Å². The summed E-state index contributed by atoms with van der Waals surface area (Å²) in [5, 5.41) is 3.69. The number of rotatable bonds is 2. The molecule has 0 radical (unpaired) electrons. The van der Waals surface area contributed by atoms with Crippen molar-refractivity contribution >= 4 is 40.1 Å². The molecule has 3 N–H and O–H groups in total. The van der Waals surface area contributed by atoms with Gasteiger partial charge in [-0.25, -0.2) is 0 Å². The third kappa shape index (κ3) is 2.35. The number of hydrogen-bond acceptors (Lipinski definition) is 4. The topological polar surface area (TPSA) is 64.1 Å². The van der Waals surface area contributed by atoms with E-state index in [1.54, 1.807) is 12.1 Å². The fourth-order valence-electron chi connectivity index (χ4n) is 1.84. The van der Waals surface area contributed by atoms with Gasteiger partial charge in [-0.15, -0.1) is 0 Å². The van der Waals surface area contributed by atoms with Crippen molar-refractivity contribution in [2.24, 2.45) is 0 Å². The molecule has 3 rings (SSSR count). The molecular formula is C14H12ClN3O. The summed E-state index contributed by atoms with van der Waals surface area (Å²) in [4.78, 5) is 4.33. The average molecular weight is 274 g/mol. The molecule has 0 fully saturated rings. The van der Waals surface area contributed by atoms with E-state index in [1.807, 2.05) is 31.2 Å². The van der Waals surface area contributed by atoms with Crippen LogP contribution in [0.4, 0.5) is 17.4 Å². The second kappa shape index (κ2) is 4.48. The van der Waals surface area contributed by atoms with Crippen molar-refractivity contribution in [1.82, 2.24) is 4.98 Å². The van der Waals surface area contributed by atoms with Crippen LogP contribution in [0.1, 0.15) is 5.56 Å². The van der Waals surface area contributed by atoms with E-state index in [0.717, 1.165) is 16.8 Å². The molecule has 0 unspecified atom stereocenters. The number of hydrogen-bond donors (Lipinski definition) is 2. The number of halogens is 1. The fraction of sp³-hybridized carbons (Fsp3) is 0.0714. The number of nitrogen functional groups attached to an aromatic ring is 1. The number of nitrogens with two attached hydrogens (primary N) is 1. The van der Waals surface area contributed by atoms with Gasteiger partial charge in [0.05, 0.1) is 10.7 Å². The third-order valence-corrected chi connectivity index (χ3v) is 3.11. The normalized spacial score (nSPS) is 10.8. The maximum Gasteiger partial charge on any atom is 0.300 e. The molecule has 0 saturated carbocycles. The molecule has 0 aliphatic carbocycles. The van der Waals surface area contributed by atoms with Gasteiger partial charge >= 0.3 is 0 Å². The van der Waals surface area contributed by atoms with Crippen molar-refractivity contribution in [2.75, 3.05) is 11.1 Å². The Bertz CT molecular complexity index is 752. The maximum absolute atomic E-state index is 6.12. The number of nitrogens with zero attached hydrogens (tertiary/aromatic N) is 1. The minimum absolute atomic E-state index is 0.396. The Labute approximate surface area is 115 Å². The highest BCUT2D eigenvalue weighted by atomic mass is 35.5. The molecule has 3 aromatic rings. The molecule has 0 aliphatic heterocycles. The predicted molar refractivity (Wildman–Crippen MR) is 77.9 cm³/mol. The van der Waals surface area contributed by atoms with E-state index < -0.39 is 0 Å². The van der Waals surface area contributed by atoms with Crippen LogP contribution in [-0.4, -0.2) is 4.98 Å². The average Bonchev–Trinajstić information content (AvgIpc) is 2.75. The van der Waals surface area contributed by atoms with Gasteiger partial charge < -0.3 is 15.5 Å². The molecule has 0 aliphatic rings. The molecule has 5 heteroatoms. The predicted octanol–water partition coefficient (Wildman–Crippen LogP) is 4.12. The first-order valence-electron chi connectivity index (χ1n) is 5.81. The summed E-state index contributed by atoms with van der Waals surface area (Å²) in [7, 11) is 0. The lowest BCUT2D eigenvalue weighted by Gasteiger charge is -2.05. The minimum Gasteiger partial charge on any atom is -0.423 e. The molecule has 2 aromatic carbocycles. The Morgan fingerprint density at radius 2 is 2.05 bits per heavy atom. The van der Waals surface area contributed by atoms with E-state index in [4.69, 9.17) is 21.8 Å². The van der Waals surface area contributed by atoms with Crippen LogP contribution in [0.5, 0.6) is 0 Å². The van der Waals surface area contributed by atoms with Crippen molar-refractivity contribution < 1.29 is 4.42 Å². The number of benzene rings is 2. The maximum atomic E-state index is 6.12. The molecule has 4 nitrogen and oxygen atoms in total. The van der Waals surface area contributed by atoms with Gasteiger partial charge in [0.15, 0.2) is 5.58 Å². The number of fused-ring (bicyclic) bond motifs is 1. The van der Waals surface area contributed by atoms with Gasteiger partial charge in [0.2, 0.25) is 0 Å². The van der Waals surface area contributed by atoms with Gasteiger partial charge in [0.1, 0.15) is 5.52 Å². The quantitative estimate of drug-likeness (QED) is 0.690. The molecule has 19 heavy (non-hydrogen) atoms. The van der Waals surface area contributed by atoms with Crippen LogP contribution < -0.4 is 11.1 Å². The number of anilines is 3. The highest BCUT2D eigenvalue weighted by Gasteiger charge is 2.08. The van der Waals surface area contributed by atoms with Crippen LogP contribution >= 0.6 is 11.6 Å². The van der Waals surface area contributed by atoms with E-state index in [-0.39, 0.29) is 0 Å². The summed E-state index contributed by atoms with van der Waals surface area (Å²) >= 11 is 6.12. The van der Waals surface area contributed by atoms with Crippen LogP contribution in [0, 0.1) is 6.92 Å². The first-order valence-corrected chi connectivity index (χ1v) is 6.19. The van der Waals surface area contributed by atoms with Gasteiger partial charge in [-0.3, -0.25) is 0 Å². The molecule has 0 amide bonds. The smallest absolute Gasteiger partial charge is 0.300 e. The number of nitrogens with one attached hydrogen (secondary N) is 1. The van der Waals surface area contributed by atoms with Gasteiger partial charge in [-0.05, 0) is 36.8 Å². The molecule has 1 aromatic heterocycles. The molecule has 0 atom stereocenters. The Balaban J connectivity index is 1.98. The van der Waals surface area contributed by atoms with Crippen molar-refractivity contribution in [3.05, 3.63) is 47.0 Å². The van der Waals surface area contributed by atoms with E-state index in [9.17, 15) is 0 Å². The van der Waals surface area contributed by atoms with Crippen LogP contribution in [-0.2, 0) is 0 Å². The first kappa shape index (κ1) is 11.9. The van der Waals surface area contributed by atoms with Crippen molar-refractivity contribution in [1.29, 1.82) is 0 Å². The zero-order valence-corrected chi connectivity index (χ0v) is 11.0. The highest BCUT2D eigenvalue weighted by Crippen LogP contribution is 2.28. The molecule has 0 bridgehead atoms. The summed E-state index contributed by atoms with van der Waals surface area (Å²) in [6.45, 7) is 1.99. The minimum atomic E-state index is 0.396. The summed E-state index contributed by atoms with van der Waals surface area (Å²) in [5.41, 5.74) is 9.61. The van der Waals surface area contributed by atoms with Gasteiger partial charge in [0, 0.05) is 11.8 Å². The van der Waals surface area contributed by atoms with Crippen LogP contribution in [0.25, 0.3) is 11.1 Å². The number of aromatic nitrogens is 1. The lowest BCUT2D eigenvalue weighted by molar-refractivity contribution is 0.623. The first-order chi connectivity index (χ1) is 9.11. The molecular weight excluding hydrogens is 262 g/mol. The Morgan fingerprint density at radius 3 is 2.89 bits per heavy atom. The Kier molecular flexibility index (Phi) is 2.80. The Hall–Kier alpha value is -2.20. The van der Waals surface area contributed by atoms with Crippen LogP contribution in [0.3, 0.4) is 0 Å². The largest absolute Gasteiger partial charge is 0.423 e. The number of aryl methyl sites for hydroxylation is 1. The number of oxazole rings is 1. The monoisotopic (exact) mass is 273 g/mol. The second-order valence-corrected chi connectivity index (χ2v) is 4.76. The molecule has 1 heterocycles. The summed E-state index contributed by atoms with van der Waals surface area (Å²) in [6, 6.07) is 11.5. The van der Waals surface area contributed by atoms with Crippen LogP contribution in [0.2, 0.25) is 5.02 Å². The van der Waals surface area contributed by atoms with Crippen LogP contribution in [0.15, 0.2) is 40.8 Å².